The number of aromatic hydroxyl groups is 2. The predicted molar refractivity (Wildman–Crippen MR) is 208 cm³/mol. The molecule has 4 aromatic carbocycles. The zero-order chi connectivity index (χ0) is 37.1. The van der Waals surface area contributed by atoms with Crippen LogP contribution in [0.5, 0.6) is 11.5 Å². The maximum absolute atomic E-state index is 11.8. The number of carbonyl (C=O) groups excluding carboxylic acids is 1. The number of carbonyl (C=O) groups is 1. The number of hydrogen-bond acceptors (Lipinski definition) is 11. The molecule has 0 spiro atoms. The first-order chi connectivity index (χ1) is 25.7. The molecular weight excluding hydrogens is 669 g/mol. The number of nitrogens with one attached hydrogen (secondary N) is 1. The molecule has 53 heavy (non-hydrogen) atoms. The second-order valence-corrected chi connectivity index (χ2v) is 13.6. The number of aromatic nitrogens is 4. The summed E-state index contributed by atoms with van der Waals surface area (Å²) < 4.78 is 5.00. The molecule has 2 aromatic heterocycles. The Morgan fingerprint density at radius 2 is 1.26 bits per heavy atom. The lowest BCUT2D eigenvalue weighted by atomic mass is 10.1. The highest BCUT2D eigenvalue weighted by atomic mass is 16.5. The minimum atomic E-state index is -0.391. The zero-order valence-corrected chi connectivity index (χ0v) is 30.2. The summed E-state index contributed by atoms with van der Waals surface area (Å²) in [5.74, 6) is 3.06. The van der Waals surface area contributed by atoms with Gasteiger partial charge >= 0.3 is 6.09 Å². The maximum Gasteiger partial charge on any atom is 0.407 e. The van der Waals surface area contributed by atoms with Crippen molar-refractivity contribution in [1.82, 2.24) is 25.3 Å². The Morgan fingerprint density at radius 1 is 0.755 bits per heavy atom. The highest BCUT2D eigenvalue weighted by Gasteiger charge is 2.28. The zero-order valence-electron chi connectivity index (χ0n) is 30.2. The number of phenolic OH excluding ortho intramolecular Hbond substituents is 2. The van der Waals surface area contributed by atoms with Crippen LogP contribution >= 0.6 is 0 Å². The molecule has 2 aliphatic heterocycles. The number of nitrogens with two attached hydrogens (primary N) is 1. The van der Waals surface area contributed by atoms with Gasteiger partial charge in [0.25, 0.3) is 0 Å². The Bertz CT molecular complexity index is 2280. The number of rotatable bonds is 6. The Hall–Kier alpha value is -6.01. The maximum atomic E-state index is 11.8. The van der Waals surface area contributed by atoms with Gasteiger partial charge in [-0.25, -0.2) is 24.7 Å². The van der Waals surface area contributed by atoms with Gasteiger partial charge in [-0.3, -0.25) is 0 Å². The number of phenols is 2. The Morgan fingerprint density at radius 3 is 1.75 bits per heavy atom. The van der Waals surface area contributed by atoms with Crippen molar-refractivity contribution in [3.63, 3.8) is 0 Å². The van der Waals surface area contributed by atoms with Gasteiger partial charge < -0.3 is 35.8 Å². The van der Waals surface area contributed by atoms with Crippen molar-refractivity contribution < 1.29 is 19.7 Å². The van der Waals surface area contributed by atoms with E-state index < -0.39 is 6.09 Å². The number of ether oxygens (including phenoxy) is 1. The van der Waals surface area contributed by atoms with Gasteiger partial charge in [0.1, 0.15) is 23.1 Å². The molecule has 0 aliphatic carbocycles. The molecule has 12 heteroatoms. The lowest BCUT2D eigenvalue weighted by molar-refractivity contribution is 0.149. The van der Waals surface area contributed by atoms with Crippen LogP contribution in [-0.4, -0.2) is 81.1 Å². The van der Waals surface area contributed by atoms with Crippen LogP contribution in [0.4, 0.5) is 16.4 Å². The van der Waals surface area contributed by atoms with E-state index in [0.29, 0.717) is 35.9 Å². The number of anilines is 2. The van der Waals surface area contributed by atoms with E-state index in [1.807, 2.05) is 56.3 Å². The van der Waals surface area contributed by atoms with Gasteiger partial charge in [0.05, 0.1) is 34.8 Å². The molecule has 0 bridgehead atoms. The van der Waals surface area contributed by atoms with Crippen molar-refractivity contribution in [2.45, 2.75) is 45.7 Å². The fourth-order valence-electron chi connectivity index (χ4n) is 6.88. The molecule has 0 radical (unpaired) electrons. The van der Waals surface area contributed by atoms with Crippen molar-refractivity contribution in [3.05, 3.63) is 96.1 Å². The van der Waals surface area contributed by atoms with Crippen molar-refractivity contribution in [3.8, 4) is 34.3 Å². The number of benzene rings is 4. The molecule has 1 amide bonds. The third-order valence-electron chi connectivity index (χ3n) is 9.56. The van der Waals surface area contributed by atoms with Crippen LogP contribution in [0.15, 0.2) is 84.9 Å². The minimum Gasteiger partial charge on any atom is -0.507 e. The summed E-state index contributed by atoms with van der Waals surface area (Å²) in [5.41, 5.74) is 11.3. The van der Waals surface area contributed by atoms with Crippen molar-refractivity contribution >= 4 is 39.5 Å². The molecule has 2 aliphatic rings. The van der Waals surface area contributed by atoms with E-state index in [1.165, 1.54) is 0 Å². The second kappa shape index (κ2) is 15.3. The third kappa shape index (κ3) is 7.77. The van der Waals surface area contributed by atoms with E-state index in [4.69, 9.17) is 25.4 Å². The van der Waals surface area contributed by atoms with Crippen LogP contribution in [0.3, 0.4) is 0 Å². The summed E-state index contributed by atoms with van der Waals surface area (Å²) in [6.07, 6.45) is 1.38. The molecule has 2 atom stereocenters. The molecule has 0 unspecified atom stereocenters. The van der Waals surface area contributed by atoms with E-state index in [1.54, 1.807) is 31.2 Å². The quantitative estimate of drug-likeness (QED) is 0.149. The summed E-state index contributed by atoms with van der Waals surface area (Å²) in [6, 6.07) is 26.7. The first-order valence-electron chi connectivity index (χ1n) is 18.0. The van der Waals surface area contributed by atoms with Gasteiger partial charge in [-0.15, -0.1) is 0 Å². The van der Waals surface area contributed by atoms with Crippen LogP contribution in [0, 0.1) is 13.8 Å². The van der Waals surface area contributed by atoms with Gasteiger partial charge in [0.2, 0.25) is 0 Å². The molecule has 6 aromatic rings. The summed E-state index contributed by atoms with van der Waals surface area (Å²) in [7, 11) is 0. The smallest absolute Gasteiger partial charge is 0.407 e. The minimum absolute atomic E-state index is 0.00177. The van der Waals surface area contributed by atoms with E-state index in [0.717, 1.165) is 77.0 Å². The fourth-order valence-corrected chi connectivity index (χ4v) is 6.88. The molecule has 4 heterocycles. The number of fused-ring (bicyclic) bond motifs is 2. The average Bonchev–Trinajstić information content (AvgIpc) is 3.80. The standard InChI is InChI=1S/C22H24N4O3.C19H20N4O/c1-3-29-22(28)23-15-10-11-26(13-15)21-16-9-8-14(2)12-18(16)24-20(25-21)17-6-4-5-7-19(17)27;1-12-6-7-14-16(10-12)21-18(15-4-2-3-5-17(15)24)22-19(14)23-9-8-13(20)11-23/h4-9,12,15,27H,3,10-11,13H2,1-2H3,(H,23,28);2-7,10,13,24H,8-9,11,20H2,1H3/t15-;13-/m11/s1. The number of hydrogen-bond donors (Lipinski definition) is 4. The molecule has 2 saturated heterocycles. The van der Waals surface area contributed by atoms with Gasteiger partial charge in [0, 0.05) is 43.0 Å². The van der Waals surface area contributed by atoms with Gasteiger partial charge in [-0.05, 0) is 93.3 Å². The average molecular weight is 713 g/mol. The molecule has 272 valence electrons. The van der Waals surface area contributed by atoms with Gasteiger partial charge in [-0.2, -0.15) is 0 Å². The molecular formula is C41H44N8O4. The van der Waals surface area contributed by atoms with E-state index >= 15 is 0 Å². The highest BCUT2D eigenvalue weighted by molar-refractivity contribution is 5.93. The summed E-state index contributed by atoms with van der Waals surface area (Å²) in [6.45, 7) is 9.29. The number of amides is 1. The normalized spacial score (nSPS) is 16.8. The van der Waals surface area contributed by atoms with Crippen LogP contribution in [-0.2, 0) is 4.74 Å². The monoisotopic (exact) mass is 712 g/mol. The largest absolute Gasteiger partial charge is 0.507 e. The topological polar surface area (TPSA) is 163 Å². The fraction of sp³-hybridized carbons (Fsp3) is 0.293. The number of aryl methyl sites for hydroxylation is 2. The lowest BCUT2D eigenvalue weighted by Crippen LogP contribution is -2.37. The third-order valence-corrected chi connectivity index (χ3v) is 9.56. The molecule has 12 nitrogen and oxygen atoms in total. The van der Waals surface area contributed by atoms with E-state index in [-0.39, 0.29) is 23.6 Å². The van der Waals surface area contributed by atoms with Crippen molar-refractivity contribution in [2.24, 2.45) is 5.73 Å². The van der Waals surface area contributed by atoms with Crippen molar-refractivity contribution in [1.29, 1.82) is 0 Å². The van der Waals surface area contributed by atoms with E-state index in [9.17, 15) is 15.0 Å². The molecule has 8 rings (SSSR count). The predicted octanol–water partition coefficient (Wildman–Crippen LogP) is 6.48. The van der Waals surface area contributed by atoms with Crippen LogP contribution < -0.4 is 20.9 Å². The number of nitrogens with zero attached hydrogens (tertiary/aromatic N) is 6. The van der Waals surface area contributed by atoms with Crippen molar-refractivity contribution in [2.75, 3.05) is 42.6 Å². The van der Waals surface area contributed by atoms with Crippen LogP contribution in [0.1, 0.15) is 30.9 Å². The van der Waals surface area contributed by atoms with E-state index in [2.05, 4.69) is 38.3 Å². The first kappa shape index (κ1) is 35.4. The Kier molecular flexibility index (Phi) is 10.2. The van der Waals surface area contributed by atoms with Crippen LogP contribution in [0.25, 0.3) is 44.6 Å². The van der Waals surface area contributed by atoms with Gasteiger partial charge in [0.15, 0.2) is 11.6 Å². The first-order valence-corrected chi connectivity index (χ1v) is 18.0. The summed E-state index contributed by atoms with van der Waals surface area (Å²) in [5, 5.41) is 25.3. The van der Waals surface area contributed by atoms with Crippen LogP contribution in [0.2, 0.25) is 0 Å². The lowest BCUT2D eigenvalue weighted by Gasteiger charge is -2.21. The SMILES string of the molecule is CCOC(=O)N[C@@H]1CCN(c2nc(-c3ccccc3O)nc3cc(C)ccc23)C1.Cc1ccc2c(N3CC[C@@H](N)C3)nc(-c3ccccc3O)nc2c1. The summed E-state index contributed by atoms with van der Waals surface area (Å²) >= 11 is 0. The summed E-state index contributed by atoms with van der Waals surface area (Å²) in [4.78, 5) is 35.1. The molecule has 5 N–H and O–H groups in total. The second-order valence-electron chi connectivity index (χ2n) is 13.6. The molecule has 2 fully saturated rings. The molecule has 0 saturated carbocycles. The Balaban J connectivity index is 0.000000167. The Labute approximate surface area is 308 Å². The highest BCUT2D eigenvalue weighted by Crippen LogP contribution is 2.35. The number of para-hydroxylation sites is 2. The van der Waals surface area contributed by atoms with Gasteiger partial charge in [-0.1, -0.05) is 36.4 Å². The number of alkyl carbamates (subject to hydrolysis) is 1.